The van der Waals surface area contributed by atoms with E-state index in [1.807, 2.05) is 6.07 Å². The Hall–Kier alpha value is -3.23. The summed E-state index contributed by atoms with van der Waals surface area (Å²) in [5.41, 5.74) is 11.9. The molecule has 0 spiro atoms. The summed E-state index contributed by atoms with van der Waals surface area (Å²) in [4.78, 5) is 21.4. The van der Waals surface area contributed by atoms with Crippen molar-refractivity contribution in [2.24, 2.45) is 5.73 Å². The molecule has 1 amide bonds. The van der Waals surface area contributed by atoms with Gasteiger partial charge >= 0.3 is 0 Å². The number of aromatic nitrogens is 2. The van der Waals surface area contributed by atoms with Crippen LogP contribution in [0.15, 0.2) is 30.5 Å². The molecule has 4 N–H and O–H groups in total. The molecule has 4 rings (SSSR count). The molecule has 8 nitrogen and oxygen atoms in total. The Morgan fingerprint density at radius 2 is 1.80 bits per heavy atom. The third-order valence-corrected chi connectivity index (χ3v) is 14.0. The Labute approximate surface area is 240 Å². The van der Waals surface area contributed by atoms with Crippen LogP contribution in [0.25, 0.3) is 22.0 Å². The van der Waals surface area contributed by atoms with Crippen molar-refractivity contribution >= 4 is 42.2 Å². The number of hydrogen-bond acceptors (Lipinski definition) is 7. The second kappa shape index (κ2) is 11.3. The topological polar surface area (TPSA) is 111 Å². The molecule has 212 valence electrons. The Bertz CT molecular complexity index is 1500. The molecule has 1 atom stereocenters. The van der Waals surface area contributed by atoms with E-state index in [0.717, 1.165) is 0 Å². The molecule has 0 saturated carbocycles. The summed E-state index contributed by atoms with van der Waals surface area (Å²) >= 11 is 6.15. The smallest absolute Gasteiger partial charge is 0.277 e. The van der Waals surface area contributed by atoms with E-state index in [0.29, 0.717) is 44.4 Å². The van der Waals surface area contributed by atoms with Crippen LogP contribution in [-0.2, 0) is 4.74 Å². The summed E-state index contributed by atoms with van der Waals surface area (Å²) in [6, 6.07) is 6.64. The molecule has 2 aromatic carbocycles. The minimum Gasteiger partial charge on any atom is -0.468 e. The summed E-state index contributed by atoms with van der Waals surface area (Å²) in [7, 11) is -0.645. The van der Waals surface area contributed by atoms with Gasteiger partial charge in [0, 0.05) is 18.1 Å². The summed E-state index contributed by atoms with van der Waals surface area (Å²) in [6.45, 7) is 13.3. The number of amides is 1. The largest absolute Gasteiger partial charge is 0.468 e. The van der Waals surface area contributed by atoms with Crippen LogP contribution in [0.1, 0.15) is 57.6 Å². The molecule has 3 aromatic rings. The van der Waals surface area contributed by atoms with Gasteiger partial charge in [-0.25, -0.2) is 14.4 Å². The van der Waals surface area contributed by atoms with Crippen LogP contribution in [0.4, 0.5) is 10.2 Å². The van der Waals surface area contributed by atoms with Crippen LogP contribution in [0, 0.1) is 17.3 Å². The van der Waals surface area contributed by atoms with Crippen molar-refractivity contribution < 1.29 is 18.7 Å². The fourth-order valence-electron chi connectivity index (χ4n) is 5.75. The van der Waals surface area contributed by atoms with Gasteiger partial charge in [-0.3, -0.25) is 10.5 Å². The lowest BCUT2D eigenvalue weighted by molar-refractivity contribution is 0.0512. The monoisotopic (exact) mass is 583 g/mol. The third-order valence-electron chi connectivity index (χ3n) is 7.51. The maximum Gasteiger partial charge on any atom is 0.277 e. The molecule has 11 heteroatoms. The number of nitrogens with zero attached hydrogens (tertiary/aromatic N) is 2. The van der Waals surface area contributed by atoms with E-state index in [1.54, 1.807) is 12.1 Å². The first-order valence-electron chi connectivity index (χ1n) is 13.2. The van der Waals surface area contributed by atoms with Gasteiger partial charge in [0.25, 0.3) is 5.91 Å². The van der Waals surface area contributed by atoms with Gasteiger partial charge in [-0.1, -0.05) is 65.1 Å². The Morgan fingerprint density at radius 1 is 1.12 bits per heavy atom. The lowest BCUT2D eigenvalue weighted by Gasteiger charge is -2.38. The number of alkyl halides is 1. The minimum absolute atomic E-state index is 0.0175. The molecule has 40 heavy (non-hydrogen) atoms. The normalized spacial score (nSPS) is 17.0. The highest BCUT2D eigenvalue weighted by atomic mass is 35.5. The zero-order valence-electron chi connectivity index (χ0n) is 23.8. The molecule has 2 heterocycles. The lowest BCUT2D eigenvalue weighted by Crippen LogP contribution is -2.60. The number of anilines is 1. The number of nitrogens with two attached hydrogens (primary N) is 1. The third kappa shape index (κ3) is 5.52. The molecule has 0 radical (unpaired) electrons. The molecule has 0 bridgehead atoms. The summed E-state index contributed by atoms with van der Waals surface area (Å²) < 4.78 is 26.5. The van der Waals surface area contributed by atoms with Gasteiger partial charge in [0.15, 0.2) is 18.3 Å². The van der Waals surface area contributed by atoms with Crippen LogP contribution in [0.3, 0.4) is 0 Å². The lowest BCUT2D eigenvalue weighted by atomic mass is 9.96. The number of methoxy groups -OCH3 is 1. The average molecular weight is 584 g/mol. The number of carbonyl (C=O) groups is 1. The van der Waals surface area contributed by atoms with E-state index in [1.165, 1.54) is 19.4 Å². The predicted octanol–water partition coefficient (Wildman–Crippen LogP) is 5.95. The molecule has 1 aliphatic heterocycles. The summed E-state index contributed by atoms with van der Waals surface area (Å²) in [6.07, 6.45) is 1.45. The SMILES string of the molecule is COCOc1cc(-c2cnc3c(n2)NC(N)(Cl)NC3=O)c2c(C#C[Si](C(C)C)(C(C)C)C(C)C)c(F)ccc2c1. The zero-order valence-corrected chi connectivity index (χ0v) is 25.5. The van der Waals surface area contributed by atoms with Gasteiger partial charge < -0.3 is 20.1 Å². The second-order valence-corrected chi connectivity index (χ2v) is 17.1. The Balaban J connectivity index is 2.02. The van der Waals surface area contributed by atoms with Gasteiger partial charge in [0.1, 0.15) is 19.6 Å². The van der Waals surface area contributed by atoms with E-state index in [4.69, 9.17) is 26.8 Å². The highest BCUT2D eigenvalue weighted by Gasteiger charge is 2.42. The van der Waals surface area contributed by atoms with Crippen LogP contribution in [0.2, 0.25) is 16.6 Å². The molecular weight excluding hydrogens is 549 g/mol. The average Bonchev–Trinajstić information content (AvgIpc) is 2.86. The summed E-state index contributed by atoms with van der Waals surface area (Å²) in [5.74, 6) is 2.89. The van der Waals surface area contributed by atoms with Crippen molar-refractivity contribution in [1.82, 2.24) is 15.3 Å². The number of halogens is 2. The number of ether oxygens (including phenoxy) is 2. The molecule has 1 aromatic heterocycles. The Morgan fingerprint density at radius 3 is 2.42 bits per heavy atom. The highest BCUT2D eigenvalue weighted by molar-refractivity contribution is 6.90. The quantitative estimate of drug-likeness (QED) is 0.104. The molecule has 0 fully saturated rings. The number of fused-ring (bicyclic) bond motifs is 2. The number of rotatable bonds is 7. The van der Waals surface area contributed by atoms with Crippen LogP contribution in [-0.4, -0.2) is 43.1 Å². The number of hydrogen-bond donors (Lipinski definition) is 3. The van der Waals surface area contributed by atoms with Gasteiger partial charge in [-0.05, 0) is 40.2 Å². The summed E-state index contributed by atoms with van der Waals surface area (Å²) in [5, 5.41) is 4.71. The fraction of sp³-hybridized carbons (Fsp3) is 0.414. The number of carbonyl (C=O) groups excluding carboxylic acids is 1. The van der Waals surface area contributed by atoms with E-state index >= 15 is 4.39 Å². The van der Waals surface area contributed by atoms with Gasteiger partial charge in [0.05, 0.1) is 17.5 Å². The highest BCUT2D eigenvalue weighted by Crippen LogP contribution is 2.41. The fourth-order valence-corrected chi connectivity index (χ4v) is 11.1. The predicted molar refractivity (Wildman–Crippen MR) is 159 cm³/mol. The van der Waals surface area contributed by atoms with E-state index in [2.05, 4.69) is 73.6 Å². The zero-order chi connectivity index (χ0) is 29.4. The van der Waals surface area contributed by atoms with E-state index in [-0.39, 0.29) is 23.9 Å². The van der Waals surface area contributed by atoms with Crippen molar-refractivity contribution in [3.63, 3.8) is 0 Å². The first-order chi connectivity index (χ1) is 18.8. The minimum atomic E-state index is -2.17. The first kappa shape index (κ1) is 29.7. The number of benzene rings is 2. The van der Waals surface area contributed by atoms with Crippen molar-refractivity contribution in [2.75, 3.05) is 19.2 Å². The van der Waals surface area contributed by atoms with Crippen LogP contribution in [0.5, 0.6) is 5.75 Å². The molecule has 0 saturated heterocycles. The second-order valence-electron chi connectivity index (χ2n) is 10.9. The maximum absolute atomic E-state index is 15.6. The van der Waals surface area contributed by atoms with E-state index < -0.39 is 25.0 Å². The maximum atomic E-state index is 15.6. The molecule has 1 aliphatic rings. The molecular formula is C29H35ClFN5O3Si. The van der Waals surface area contributed by atoms with Gasteiger partial charge in [-0.15, -0.1) is 5.54 Å². The number of nitrogens with one attached hydrogen (secondary N) is 2. The van der Waals surface area contributed by atoms with Crippen molar-refractivity contribution in [3.05, 3.63) is 47.5 Å². The van der Waals surface area contributed by atoms with Gasteiger partial charge in [-0.2, -0.15) is 0 Å². The van der Waals surface area contributed by atoms with Crippen LogP contribution >= 0.6 is 11.6 Å². The van der Waals surface area contributed by atoms with Crippen molar-refractivity contribution in [3.8, 4) is 28.5 Å². The van der Waals surface area contributed by atoms with Gasteiger partial charge in [0.2, 0.25) is 5.25 Å². The standard InChI is InChI=1S/C29H35ClFN5O3Si/c1-16(2)40(17(3)4,18(5)6)11-10-21-23(31)9-8-19-12-20(39-15-38-7)13-22(25(19)21)24-14-33-26-27(34-24)35-29(30,32)36-28(26)37/h8-9,12-14,16-18H,15,32H2,1-7H3,(H,34,35)(H,36,37). The van der Waals surface area contributed by atoms with E-state index in [9.17, 15) is 4.79 Å². The Kier molecular flexibility index (Phi) is 8.43. The molecule has 1 unspecified atom stereocenters. The first-order valence-corrected chi connectivity index (χ1v) is 15.8. The van der Waals surface area contributed by atoms with Crippen molar-refractivity contribution in [2.45, 2.75) is 63.4 Å². The van der Waals surface area contributed by atoms with Crippen LogP contribution < -0.4 is 21.1 Å². The van der Waals surface area contributed by atoms with Crippen molar-refractivity contribution in [1.29, 1.82) is 0 Å². The molecule has 0 aliphatic carbocycles.